The molecule has 8 nitrogen and oxygen atoms in total. The first-order valence-electron chi connectivity index (χ1n) is 15.7. The molecule has 0 aliphatic rings. The Labute approximate surface area is 272 Å². The van der Waals surface area contributed by atoms with E-state index in [-0.39, 0.29) is 57.0 Å². The average molecular weight is 627 g/mol. The van der Waals surface area contributed by atoms with Crippen molar-refractivity contribution in [1.82, 2.24) is 10.2 Å². The van der Waals surface area contributed by atoms with E-state index in [1.54, 1.807) is 17.1 Å². The first-order chi connectivity index (χ1) is 22.4. The standard InChI is InChI=1S/C38H46N2O6/c1-3-14-33(25-36(42)40(22-23-41)26-31-18-10-6-11-19-31)37(43)39-35(28-45-27-32-20-12-7-13-21-32)29-46-38(44)34(15-4-2)24-30-16-8-5-9-17-30/h3-13,16-21,33-35,41H,1-2,14-15,22-29H2,(H,39,43)/t33-,34-,35+/m1/s1. The second-order valence-corrected chi connectivity index (χ2v) is 11.2. The van der Waals surface area contributed by atoms with Crippen LogP contribution in [0.2, 0.25) is 0 Å². The van der Waals surface area contributed by atoms with Crippen molar-refractivity contribution in [3.05, 3.63) is 133 Å². The zero-order valence-electron chi connectivity index (χ0n) is 26.5. The molecule has 0 aliphatic heterocycles. The molecule has 244 valence electrons. The van der Waals surface area contributed by atoms with Gasteiger partial charge in [-0.3, -0.25) is 14.4 Å². The molecular weight excluding hydrogens is 580 g/mol. The summed E-state index contributed by atoms with van der Waals surface area (Å²) in [4.78, 5) is 41.7. The molecule has 0 unspecified atom stereocenters. The fraction of sp³-hybridized carbons (Fsp3) is 0.342. The lowest BCUT2D eigenvalue weighted by atomic mass is 9.96. The lowest BCUT2D eigenvalue weighted by molar-refractivity contribution is -0.150. The van der Waals surface area contributed by atoms with Crippen molar-refractivity contribution in [3.63, 3.8) is 0 Å². The van der Waals surface area contributed by atoms with Crippen LogP contribution in [-0.4, -0.2) is 60.2 Å². The monoisotopic (exact) mass is 626 g/mol. The average Bonchev–Trinajstić information content (AvgIpc) is 3.07. The number of carbonyl (C=O) groups is 3. The maximum absolute atomic E-state index is 13.6. The Morgan fingerprint density at radius 1 is 0.783 bits per heavy atom. The van der Waals surface area contributed by atoms with Crippen LogP contribution < -0.4 is 5.32 Å². The Morgan fingerprint density at radius 3 is 1.93 bits per heavy atom. The summed E-state index contributed by atoms with van der Waals surface area (Å²) in [5.41, 5.74) is 2.91. The van der Waals surface area contributed by atoms with Gasteiger partial charge in [-0.25, -0.2) is 0 Å². The van der Waals surface area contributed by atoms with Gasteiger partial charge in [-0.2, -0.15) is 0 Å². The van der Waals surface area contributed by atoms with Gasteiger partial charge in [0.05, 0.1) is 37.7 Å². The van der Waals surface area contributed by atoms with Crippen LogP contribution in [0.15, 0.2) is 116 Å². The minimum atomic E-state index is -0.708. The minimum absolute atomic E-state index is 0.0689. The topological polar surface area (TPSA) is 105 Å². The molecule has 0 fully saturated rings. The molecule has 0 aromatic heterocycles. The van der Waals surface area contributed by atoms with Crippen LogP contribution in [-0.2, 0) is 43.4 Å². The first-order valence-corrected chi connectivity index (χ1v) is 15.7. The molecule has 2 N–H and O–H groups in total. The molecule has 2 amide bonds. The molecule has 0 saturated carbocycles. The fourth-order valence-electron chi connectivity index (χ4n) is 5.05. The van der Waals surface area contributed by atoms with E-state index in [2.05, 4.69) is 18.5 Å². The van der Waals surface area contributed by atoms with Crippen molar-refractivity contribution in [1.29, 1.82) is 0 Å². The summed E-state index contributed by atoms with van der Waals surface area (Å²) in [6, 6.07) is 28.2. The number of hydrogen-bond acceptors (Lipinski definition) is 6. The molecule has 3 atom stereocenters. The highest BCUT2D eigenvalue weighted by Gasteiger charge is 2.27. The van der Waals surface area contributed by atoms with Crippen LogP contribution in [0, 0.1) is 11.8 Å². The number of nitrogens with zero attached hydrogens (tertiary/aromatic N) is 1. The summed E-state index contributed by atoms with van der Waals surface area (Å²) in [5, 5.41) is 12.6. The van der Waals surface area contributed by atoms with Gasteiger partial charge >= 0.3 is 5.97 Å². The maximum atomic E-state index is 13.6. The molecule has 0 saturated heterocycles. The number of benzene rings is 3. The van der Waals surface area contributed by atoms with Gasteiger partial charge in [0.1, 0.15) is 6.61 Å². The van der Waals surface area contributed by atoms with E-state index in [0.29, 0.717) is 26.0 Å². The lowest BCUT2D eigenvalue weighted by Crippen LogP contribution is -2.46. The quantitative estimate of drug-likeness (QED) is 0.123. The number of ether oxygens (including phenoxy) is 2. The normalized spacial score (nSPS) is 12.7. The Hall–Kier alpha value is -4.53. The number of allylic oxidation sites excluding steroid dienone is 2. The molecule has 3 rings (SSSR count). The molecule has 3 aromatic carbocycles. The van der Waals surface area contributed by atoms with Gasteiger partial charge < -0.3 is 24.8 Å². The summed E-state index contributed by atoms with van der Waals surface area (Å²) in [7, 11) is 0. The molecule has 0 heterocycles. The predicted molar refractivity (Wildman–Crippen MR) is 179 cm³/mol. The number of carbonyl (C=O) groups excluding carboxylic acids is 3. The first kappa shape index (κ1) is 35.9. The Bertz CT molecular complexity index is 1350. The van der Waals surface area contributed by atoms with Crippen LogP contribution >= 0.6 is 0 Å². The third kappa shape index (κ3) is 12.8. The van der Waals surface area contributed by atoms with Crippen molar-refractivity contribution < 1.29 is 29.0 Å². The largest absolute Gasteiger partial charge is 0.463 e. The van der Waals surface area contributed by atoms with Crippen LogP contribution in [0.25, 0.3) is 0 Å². The lowest BCUT2D eigenvalue weighted by Gasteiger charge is -2.26. The summed E-state index contributed by atoms with van der Waals surface area (Å²) in [5.74, 6) is -2.13. The smallest absolute Gasteiger partial charge is 0.309 e. The van der Waals surface area contributed by atoms with Gasteiger partial charge in [0, 0.05) is 19.5 Å². The van der Waals surface area contributed by atoms with Gasteiger partial charge in [0.15, 0.2) is 0 Å². The van der Waals surface area contributed by atoms with E-state index >= 15 is 0 Å². The molecule has 0 spiro atoms. The van der Waals surface area contributed by atoms with E-state index in [9.17, 15) is 19.5 Å². The number of amides is 2. The molecule has 46 heavy (non-hydrogen) atoms. The van der Waals surface area contributed by atoms with Gasteiger partial charge in [-0.1, -0.05) is 103 Å². The number of rotatable bonds is 21. The zero-order chi connectivity index (χ0) is 33.0. The predicted octanol–water partition coefficient (Wildman–Crippen LogP) is 5.27. The van der Waals surface area contributed by atoms with Crippen LogP contribution in [0.4, 0.5) is 0 Å². The maximum Gasteiger partial charge on any atom is 0.309 e. The van der Waals surface area contributed by atoms with E-state index in [0.717, 1.165) is 16.7 Å². The van der Waals surface area contributed by atoms with Gasteiger partial charge in [-0.15, -0.1) is 13.2 Å². The Morgan fingerprint density at radius 2 is 1.35 bits per heavy atom. The highest BCUT2D eigenvalue weighted by atomic mass is 16.5. The van der Waals surface area contributed by atoms with E-state index in [1.807, 2.05) is 91.0 Å². The fourth-order valence-corrected chi connectivity index (χ4v) is 5.05. The molecule has 0 radical (unpaired) electrons. The number of aliphatic hydroxyl groups is 1. The summed E-state index contributed by atoms with van der Waals surface area (Å²) in [6.07, 6.45) is 4.46. The number of hydrogen-bond donors (Lipinski definition) is 2. The second kappa shape index (κ2) is 20.5. The molecule has 3 aromatic rings. The van der Waals surface area contributed by atoms with Crippen molar-refractivity contribution in [2.24, 2.45) is 11.8 Å². The zero-order valence-corrected chi connectivity index (χ0v) is 26.5. The summed E-state index contributed by atoms with van der Waals surface area (Å²) in [6.45, 7) is 8.18. The third-order valence-electron chi connectivity index (χ3n) is 7.50. The molecule has 0 aliphatic carbocycles. The summed E-state index contributed by atoms with van der Waals surface area (Å²) >= 11 is 0. The van der Waals surface area contributed by atoms with Crippen LogP contribution in [0.1, 0.15) is 36.0 Å². The van der Waals surface area contributed by atoms with Gasteiger partial charge in [0.25, 0.3) is 0 Å². The highest BCUT2D eigenvalue weighted by molar-refractivity contribution is 5.86. The number of esters is 1. The van der Waals surface area contributed by atoms with Crippen molar-refractivity contribution in [3.8, 4) is 0 Å². The molecule has 8 heteroatoms. The van der Waals surface area contributed by atoms with Crippen molar-refractivity contribution in [2.45, 2.75) is 44.9 Å². The number of nitrogens with one attached hydrogen (secondary N) is 1. The third-order valence-corrected chi connectivity index (χ3v) is 7.50. The van der Waals surface area contributed by atoms with Gasteiger partial charge in [0.2, 0.25) is 11.8 Å². The van der Waals surface area contributed by atoms with Crippen LogP contribution in [0.5, 0.6) is 0 Å². The van der Waals surface area contributed by atoms with E-state index in [4.69, 9.17) is 9.47 Å². The van der Waals surface area contributed by atoms with E-state index < -0.39 is 17.9 Å². The SMILES string of the molecule is C=CC[C@H](CC(=O)N(CCO)Cc1ccccc1)C(=O)N[C@@H](COCc1ccccc1)COC(=O)[C@H](CC=C)Cc1ccccc1. The Kier molecular flexibility index (Phi) is 16.0. The summed E-state index contributed by atoms with van der Waals surface area (Å²) < 4.78 is 11.7. The number of aliphatic hydroxyl groups excluding tert-OH is 1. The second-order valence-electron chi connectivity index (χ2n) is 11.2. The van der Waals surface area contributed by atoms with Crippen LogP contribution in [0.3, 0.4) is 0 Å². The highest BCUT2D eigenvalue weighted by Crippen LogP contribution is 2.17. The van der Waals surface area contributed by atoms with Gasteiger partial charge in [-0.05, 0) is 36.0 Å². The molecular formula is C38H46N2O6. The van der Waals surface area contributed by atoms with Crippen molar-refractivity contribution in [2.75, 3.05) is 26.4 Å². The Balaban J connectivity index is 1.68. The van der Waals surface area contributed by atoms with Crippen molar-refractivity contribution >= 4 is 17.8 Å². The molecule has 0 bridgehead atoms. The van der Waals surface area contributed by atoms with E-state index in [1.165, 1.54) is 0 Å². The minimum Gasteiger partial charge on any atom is -0.463 e.